The maximum Gasteiger partial charge on any atom is 0.161 e. The first kappa shape index (κ1) is 15.5. The third-order valence-electron chi connectivity index (χ3n) is 5.40. The minimum absolute atomic E-state index is 0.640. The van der Waals surface area contributed by atoms with Gasteiger partial charge in [-0.3, -0.25) is 0 Å². The standard InChI is InChI=1S/C20H22N4O2/c1-25-18-9-14-5-7-23(12-15(14)10-19(18)26-2)20-17-11-16(13-3-4-13)22-24(17)8-6-21-20/h6,8-11,13H,3-5,7,12H2,1-2H3. The summed E-state index contributed by atoms with van der Waals surface area (Å²) in [5.41, 5.74) is 4.87. The van der Waals surface area contributed by atoms with Crippen molar-refractivity contribution in [1.82, 2.24) is 14.6 Å². The molecule has 1 saturated carbocycles. The number of anilines is 1. The van der Waals surface area contributed by atoms with Crippen LogP contribution < -0.4 is 14.4 Å². The molecule has 1 aromatic carbocycles. The van der Waals surface area contributed by atoms with E-state index >= 15 is 0 Å². The number of hydrogen-bond donors (Lipinski definition) is 0. The van der Waals surface area contributed by atoms with Crippen LogP contribution in [0, 0.1) is 0 Å². The van der Waals surface area contributed by atoms with E-state index in [0.29, 0.717) is 5.92 Å². The van der Waals surface area contributed by atoms with E-state index in [1.165, 1.54) is 29.7 Å². The van der Waals surface area contributed by atoms with Crippen LogP contribution in [0.25, 0.3) is 5.52 Å². The summed E-state index contributed by atoms with van der Waals surface area (Å²) in [4.78, 5) is 7.02. The van der Waals surface area contributed by atoms with Crippen LogP contribution in [0.4, 0.5) is 5.82 Å². The molecule has 0 saturated heterocycles. The van der Waals surface area contributed by atoms with E-state index in [1.807, 2.05) is 16.9 Å². The van der Waals surface area contributed by atoms with Gasteiger partial charge in [0, 0.05) is 31.4 Å². The molecular formula is C20H22N4O2. The van der Waals surface area contributed by atoms with E-state index in [-0.39, 0.29) is 0 Å². The topological polar surface area (TPSA) is 51.9 Å². The maximum absolute atomic E-state index is 5.48. The summed E-state index contributed by atoms with van der Waals surface area (Å²) in [7, 11) is 3.36. The van der Waals surface area contributed by atoms with Crippen molar-refractivity contribution in [3.8, 4) is 11.5 Å². The third-order valence-corrected chi connectivity index (χ3v) is 5.40. The number of fused-ring (bicyclic) bond motifs is 2. The van der Waals surface area contributed by atoms with E-state index in [4.69, 9.17) is 14.6 Å². The van der Waals surface area contributed by atoms with Crippen LogP contribution in [0.5, 0.6) is 11.5 Å². The molecule has 3 heterocycles. The van der Waals surface area contributed by atoms with E-state index < -0.39 is 0 Å². The van der Waals surface area contributed by atoms with Crippen LogP contribution in [-0.2, 0) is 13.0 Å². The van der Waals surface area contributed by atoms with Gasteiger partial charge in [-0.25, -0.2) is 9.50 Å². The lowest BCUT2D eigenvalue weighted by Crippen LogP contribution is -2.31. The second-order valence-electron chi connectivity index (χ2n) is 7.07. The van der Waals surface area contributed by atoms with Crippen LogP contribution in [0.15, 0.2) is 30.6 Å². The first-order chi connectivity index (χ1) is 12.8. The van der Waals surface area contributed by atoms with Gasteiger partial charge in [0.25, 0.3) is 0 Å². The minimum Gasteiger partial charge on any atom is -0.493 e. The van der Waals surface area contributed by atoms with Crippen LogP contribution >= 0.6 is 0 Å². The van der Waals surface area contributed by atoms with Crippen molar-refractivity contribution in [2.75, 3.05) is 25.7 Å². The van der Waals surface area contributed by atoms with Crippen LogP contribution in [0.3, 0.4) is 0 Å². The fraction of sp³-hybridized carbons (Fsp3) is 0.400. The number of nitrogens with zero attached hydrogens (tertiary/aromatic N) is 4. The van der Waals surface area contributed by atoms with Gasteiger partial charge in [-0.1, -0.05) is 0 Å². The lowest BCUT2D eigenvalue weighted by Gasteiger charge is -2.30. The first-order valence-corrected chi connectivity index (χ1v) is 9.10. The average Bonchev–Trinajstić information content (AvgIpc) is 3.44. The molecule has 2 aliphatic rings. The molecule has 0 spiro atoms. The highest BCUT2D eigenvalue weighted by molar-refractivity contribution is 5.70. The zero-order valence-corrected chi connectivity index (χ0v) is 15.1. The first-order valence-electron chi connectivity index (χ1n) is 9.10. The van der Waals surface area contributed by atoms with E-state index in [0.717, 1.165) is 42.3 Å². The Kier molecular flexibility index (Phi) is 3.51. The number of ether oxygens (including phenoxy) is 2. The second-order valence-corrected chi connectivity index (χ2v) is 7.07. The van der Waals surface area contributed by atoms with Gasteiger partial charge in [0.05, 0.1) is 19.9 Å². The predicted octanol–water partition coefficient (Wildman–Crippen LogP) is 3.19. The Bertz CT molecular complexity index is 977. The third kappa shape index (κ3) is 2.48. The summed E-state index contributed by atoms with van der Waals surface area (Å²) < 4.78 is 12.9. The zero-order chi connectivity index (χ0) is 17.7. The minimum atomic E-state index is 0.640. The van der Waals surface area contributed by atoms with Crippen molar-refractivity contribution in [1.29, 1.82) is 0 Å². The Hall–Kier alpha value is -2.76. The largest absolute Gasteiger partial charge is 0.493 e. The quantitative estimate of drug-likeness (QED) is 0.723. The van der Waals surface area contributed by atoms with E-state index in [9.17, 15) is 0 Å². The molecule has 26 heavy (non-hydrogen) atoms. The molecule has 3 aromatic rings. The lowest BCUT2D eigenvalue weighted by atomic mass is 9.98. The van der Waals surface area contributed by atoms with Crippen molar-refractivity contribution in [3.05, 3.63) is 47.4 Å². The molecule has 134 valence electrons. The van der Waals surface area contributed by atoms with Gasteiger partial charge >= 0.3 is 0 Å². The Balaban J connectivity index is 1.52. The average molecular weight is 350 g/mol. The normalized spacial score (nSPS) is 16.6. The predicted molar refractivity (Wildman–Crippen MR) is 99.3 cm³/mol. The van der Waals surface area contributed by atoms with Crippen molar-refractivity contribution in [2.45, 2.75) is 31.7 Å². The number of rotatable bonds is 4. The summed E-state index contributed by atoms with van der Waals surface area (Å²) in [6.45, 7) is 1.74. The van der Waals surface area contributed by atoms with Crippen LogP contribution in [-0.4, -0.2) is 35.4 Å². The summed E-state index contributed by atoms with van der Waals surface area (Å²) in [5.74, 6) is 3.22. The summed E-state index contributed by atoms with van der Waals surface area (Å²) in [6.07, 6.45) is 7.26. The number of aromatic nitrogens is 3. The molecule has 5 rings (SSSR count). The van der Waals surface area contributed by atoms with Gasteiger partial charge in [0.15, 0.2) is 17.3 Å². The van der Waals surface area contributed by atoms with Crippen molar-refractivity contribution < 1.29 is 9.47 Å². The summed E-state index contributed by atoms with van der Waals surface area (Å²) in [5, 5.41) is 4.74. The molecule has 0 N–H and O–H groups in total. The van der Waals surface area contributed by atoms with Crippen molar-refractivity contribution in [3.63, 3.8) is 0 Å². The molecule has 6 heteroatoms. The van der Waals surface area contributed by atoms with Gasteiger partial charge < -0.3 is 14.4 Å². The van der Waals surface area contributed by atoms with Gasteiger partial charge in [-0.2, -0.15) is 5.10 Å². The van der Waals surface area contributed by atoms with Crippen molar-refractivity contribution >= 4 is 11.3 Å². The van der Waals surface area contributed by atoms with Gasteiger partial charge in [-0.05, 0) is 48.6 Å². The molecular weight excluding hydrogens is 328 g/mol. The highest BCUT2D eigenvalue weighted by atomic mass is 16.5. The fourth-order valence-electron chi connectivity index (χ4n) is 3.81. The lowest BCUT2D eigenvalue weighted by molar-refractivity contribution is 0.353. The molecule has 0 unspecified atom stereocenters. The van der Waals surface area contributed by atoms with Gasteiger partial charge in [0.1, 0.15) is 5.52 Å². The van der Waals surface area contributed by atoms with E-state index in [2.05, 4.69) is 28.1 Å². The fourth-order valence-corrected chi connectivity index (χ4v) is 3.81. The van der Waals surface area contributed by atoms with Crippen molar-refractivity contribution in [2.24, 2.45) is 0 Å². The Morgan fingerprint density at radius 1 is 1.04 bits per heavy atom. The smallest absolute Gasteiger partial charge is 0.161 e. The van der Waals surface area contributed by atoms with Gasteiger partial charge in [0.2, 0.25) is 0 Å². The molecule has 1 aliphatic carbocycles. The van der Waals surface area contributed by atoms with E-state index in [1.54, 1.807) is 14.2 Å². The maximum atomic E-state index is 5.48. The Morgan fingerprint density at radius 3 is 2.54 bits per heavy atom. The Morgan fingerprint density at radius 2 is 1.81 bits per heavy atom. The zero-order valence-electron chi connectivity index (χ0n) is 15.1. The second kappa shape index (κ2) is 5.90. The monoisotopic (exact) mass is 350 g/mol. The number of methoxy groups -OCH3 is 2. The number of hydrogen-bond acceptors (Lipinski definition) is 5. The molecule has 1 aliphatic heterocycles. The molecule has 0 atom stereocenters. The SMILES string of the molecule is COc1cc2c(cc1OC)CN(c1nccn3nc(C4CC4)cc13)CC2. The molecule has 0 radical (unpaired) electrons. The highest BCUT2D eigenvalue weighted by Crippen LogP contribution is 2.40. The molecule has 2 aromatic heterocycles. The summed E-state index contributed by atoms with van der Waals surface area (Å²) in [6, 6.07) is 6.40. The van der Waals surface area contributed by atoms with Crippen LogP contribution in [0.2, 0.25) is 0 Å². The Labute approximate surface area is 152 Å². The molecule has 0 bridgehead atoms. The molecule has 1 fully saturated rings. The highest BCUT2D eigenvalue weighted by Gasteiger charge is 2.28. The molecule has 0 amide bonds. The van der Waals surface area contributed by atoms with Gasteiger partial charge in [-0.15, -0.1) is 0 Å². The van der Waals surface area contributed by atoms with Crippen LogP contribution in [0.1, 0.15) is 35.6 Å². The summed E-state index contributed by atoms with van der Waals surface area (Å²) >= 11 is 0. The molecule has 6 nitrogen and oxygen atoms in total. The number of benzene rings is 1.